The molecule has 2 heterocycles. The Bertz CT molecular complexity index is 632. The van der Waals surface area contributed by atoms with Crippen LogP contribution in [0.1, 0.15) is 20.8 Å². The molecule has 0 aliphatic rings. The van der Waals surface area contributed by atoms with Crippen LogP contribution in [-0.4, -0.2) is 33.8 Å². The zero-order chi connectivity index (χ0) is 14.0. The van der Waals surface area contributed by atoms with Gasteiger partial charge in [-0.3, -0.25) is 4.79 Å². The quantitative estimate of drug-likeness (QED) is 0.732. The summed E-state index contributed by atoms with van der Waals surface area (Å²) in [5.41, 5.74) is 11.2. The third kappa shape index (κ3) is 2.37. The van der Waals surface area contributed by atoms with E-state index in [4.69, 9.17) is 11.5 Å². The number of nitrogen functional groups attached to an aromatic ring is 1. The summed E-state index contributed by atoms with van der Waals surface area (Å²) in [5, 5.41) is 3.96. The van der Waals surface area contributed by atoms with Crippen LogP contribution in [0.15, 0.2) is 24.5 Å². The van der Waals surface area contributed by atoms with Crippen LogP contribution >= 0.6 is 0 Å². The maximum absolute atomic E-state index is 11.4. The molecule has 0 spiro atoms. The molecule has 0 atom stereocenters. The summed E-state index contributed by atoms with van der Waals surface area (Å²) >= 11 is 0. The van der Waals surface area contributed by atoms with Crippen molar-refractivity contribution in [3.8, 4) is 5.82 Å². The average molecular weight is 261 g/mol. The summed E-state index contributed by atoms with van der Waals surface area (Å²) in [7, 11) is 1.24. The number of esters is 1. The van der Waals surface area contributed by atoms with Gasteiger partial charge in [0.15, 0.2) is 11.5 Å². The smallest absolute Gasteiger partial charge is 0.360 e. The minimum Gasteiger partial charge on any atom is -0.464 e. The Morgan fingerprint density at radius 2 is 2.11 bits per heavy atom. The molecule has 0 bridgehead atoms. The van der Waals surface area contributed by atoms with E-state index in [1.807, 2.05) is 0 Å². The molecular formula is C11H11N5O3. The lowest BCUT2D eigenvalue weighted by Crippen LogP contribution is -2.12. The second kappa shape index (κ2) is 4.77. The molecule has 2 aromatic rings. The van der Waals surface area contributed by atoms with Crippen molar-refractivity contribution >= 4 is 17.6 Å². The van der Waals surface area contributed by atoms with Gasteiger partial charge in [-0.05, 0) is 12.1 Å². The number of ether oxygens (including phenoxy) is 1. The number of nitrogens with two attached hydrogens (primary N) is 2. The molecule has 0 unspecified atom stereocenters. The number of nitrogens with zero attached hydrogens (tertiary/aromatic N) is 3. The number of pyridine rings is 1. The van der Waals surface area contributed by atoms with E-state index in [9.17, 15) is 9.59 Å². The van der Waals surface area contributed by atoms with Crippen molar-refractivity contribution in [1.29, 1.82) is 0 Å². The summed E-state index contributed by atoms with van der Waals surface area (Å²) in [6, 6.07) is 3.04. The van der Waals surface area contributed by atoms with E-state index in [1.54, 1.807) is 0 Å². The lowest BCUT2D eigenvalue weighted by molar-refractivity contribution is 0.0594. The molecule has 98 valence electrons. The molecule has 0 saturated carbocycles. The molecule has 0 aliphatic heterocycles. The highest BCUT2D eigenvalue weighted by Crippen LogP contribution is 2.13. The Balaban J connectivity index is 2.37. The number of methoxy groups -OCH3 is 1. The number of hydrogen-bond donors (Lipinski definition) is 2. The average Bonchev–Trinajstić information content (AvgIpc) is 2.80. The molecule has 8 heteroatoms. The number of anilines is 1. The third-order valence-electron chi connectivity index (χ3n) is 2.39. The fraction of sp³-hybridized carbons (Fsp3) is 0.0909. The van der Waals surface area contributed by atoms with Gasteiger partial charge in [-0.1, -0.05) is 0 Å². The van der Waals surface area contributed by atoms with Crippen LogP contribution in [-0.2, 0) is 4.74 Å². The molecule has 19 heavy (non-hydrogen) atoms. The first-order valence-electron chi connectivity index (χ1n) is 5.22. The Morgan fingerprint density at radius 3 is 2.63 bits per heavy atom. The van der Waals surface area contributed by atoms with Crippen LogP contribution in [0.5, 0.6) is 0 Å². The van der Waals surface area contributed by atoms with Crippen LogP contribution in [0.3, 0.4) is 0 Å². The van der Waals surface area contributed by atoms with Gasteiger partial charge < -0.3 is 16.2 Å². The second-order valence-electron chi connectivity index (χ2n) is 3.64. The highest BCUT2D eigenvalue weighted by atomic mass is 16.5. The molecule has 2 aromatic heterocycles. The van der Waals surface area contributed by atoms with Gasteiger partial charge in [0, 0.05) is 6.20 Å². The molecule has 1 amide bonds. The summed E-state index contributed by atoms with van der Waals surface area (Å²) < 4.78 is 5.85. The van der Waals surface area contributed by atoms with Crippen LogP contribution in [0, 0.1) is 0 Å². The van der Waals surface area contributed by atoms with E-state index in [1.165, 1.54) is 36.3 Å². The van der Waals surface area contributed by atoms with Crippen molar-refractivity contribution in [2.45, 2.75) is 0 Å². The first-order valence-corrected chi connectivity index (χ1v) is 5.22. The maximum atomic E-state index is 11.4. The van der Waals surface area contributed by atoms with Crippen molar-refractivity contribution in [2.24, 2.45) is 5.73 Å². The van der Waals surface area contributed by atoms with Gasteiger partial charge in [0.05, 0.1) is 24.6 Å². The summed E-state index contributed by atoms with van der Waals surface area (Å²) in [6.07, 6.45) is 2.74. The monoisotopic (exact) mass is 261 g/mol. The van der Waals surface area contributed by atoms with E-state index in [0.717, 1.165) is 0 Å². The number of aromatic nitrogens is 3. The van der Waals surface area contributed by atoms with Crippen molar-refractivity contribution in [1.82, 2.24) is 14.8 Å². The summed E-state index contributed by atoms with van der Waals surface area (Å²) in [6.45, 7) is 0. The minimum atomic E-state index is -0.634. The molecule has 2 rings (SSSR count). The SMILES string of the molecule is COC(=O)c1nn(-c2ccc(C(N)=O)cn2)cc1N. The number of amides is 1. The minimum absolute atomic E-state index is 0.00303. The van der Waals surface area contributed by atoms with E-state index in [-0.39, 0.29) is 16.9 Å². The normalized spacial score (nSPS) is 10.2. The van der Waals surface area contributed by atoms with Gasteiger partial charge >= 0.3 is 5.97 Å². The fourth-order valence-corrected chi connectivity index (χ4v) is 1.43. The third-order valence-corrected chi connectivity index (χ3v) is 2.39. The van der Waals surface area contributed by atoms with Gasteiger partial charge in [0.1, 0.15) is 0 Å². The van der Waals surface area contributed by atoms with Gasteiger partial charge in [-0.25, -0.2) is 14.5 Å². The van der Waals surface area contributed by atoms with E-state index >= 15 is 0 Å². The number of rotatable bonds is 3. The Kier molecular flexibility index (Phi) is 3.15. The second-order valence-corrected chi connectivity index (χ2v) is 3.64. The molecule has 0 aromatic carbocycles. The molecule has 0 fully saturated rings. The number of hydrogen-bond acceptors (Lipinski definition) is 6. The lowest BCUT2D eigenvalue weighted by Gasteiger charge is -2.00. The largest absolute Gasteiger partial charge is 0.464 e. The van der Waals surface area contributed by atoms with E-state index in [2.05, 4.69) is 14.8 Å². The Labute approximate surface area is 108 Å². The molecule has 0 saturated heterocycles. The van der Waals surface area contributed by atoms with Gasteiger partial charge in [-0.15, -0.1) is 0 Å². The summed E-state index contributed by atoms with van der Waals surface area (Å²) in [5.74, 6) is -0.814. The Morgan fingerprint density at radius 1 is 1.37 bits per heavy atom. The Hall–Kier alpha value is -2.90. The topological polar surface area (TPSA) is 126 Å². The first-order chi connectivity index (χ1) is 9.02. The van der Waals surface area contributed by atoms with Crippen molar-refractivity contribution in [3.63, 3.8) is 0 Å². The van der Waals surface area contributed by atoms with Gasteiger partial charge in [0.25, 0.3) is 0 Å². The standard InChI is InChI=1S/C11H11N5O3/c1-19-11(18)9-7(12)5-16(15-9)8-3-2-6(4-14-8)10(13)17/h2-5H,12H2,1H3,(H2,13,17). The molecule has 4 N–H and O–H groups in total. The zero-order valence-corrected chi connectivity index (χ0v) is 10.0. The molecule has 8 nitrogen and oxygen atoms in total. The van der Waals surface area contributed by atoms with Gasteiger partial charge in [-0.2, -0.15) is 5.10 Å². The first kappa shape index (κ1) is 12.6. The lowest BCUT2D eigenvalue weighted by atomic mass is 10.3. The molecular weight excluding hydrogens is 250 g/mol. The fourth-order valence-electron chi connectivity index (χ4n) is 1.43. The number of carbonyl (C=O) groups is 2. The van der Waals surface area contributed by atoms with Gasteiger partial charge in [0.2, 0.25) is 5.91 Å². The van der Waals surface area contributed by atoms with Crippen LogP contribution in [0.4, 0.5) is 5.69 Å². The predicted octanol–water partition coefficient (Wildman–Crippen LogP) is -0.265. The highest BCUT2D eigenvalue weighted by Gasteiger charge is 2.16. The van der Waals surface area contributed by atoms with Crippen molar-refractivity contribution < 1.29 is 14.3 Å². The highest BCUT2D eigenvalue weighted by molar-refractivity contribution is 5.93. The predicted molar refractivity (Wildman–Crippen MR) is 65.6 cm³/mol. The van der Waals surface area contributed by atoms with Crippen LogP contribution in [0.2, 0.25) is 0 Å². The van der Waals surface area contributed by atoms with Crippen molar-refractivity contribution in [2.75, 3.05) is 12.8 Å². The molecule has 0 radical (unpaired) electrons. The number of carbonyl (C=O) groups excluding carboxylic acids is 2. The summed E-state index contributed by atoms with van der Waals surface area (Å²) in [4.78, 5) is 26.3. The number of primary amides is 1. The maximum Gasteiger partial charge on any atom is 0.360 e. The zero-order valence-electron chi connectivity index (χ0n) is 10.0. The molecule has 0 aliphatic carbocycles. The van der Waals surface area contributed by atoms with E-state index in [0.29, 0.717) is 5.82 Å². The van der Waals surface area contributed by atoms with Crippen LogP contribution < -0.4 is 11.5 Å². The van der Waals surface area contributed by atoms with Crippen LogP contribution in [0.25, 0.3) is 5.82 Å². The van der Waals surface area contributed by atoms with E-state index < -0.39 is 11.9 Å². The van der Waals surface area contributed by atoms with Crippen molar-refractivity contribution in [3.05, 3.63) is 35.8 Å².